The number of hydrazone groups is 1. The summed E-state index contributed by atoms with van der Waals surface area (Å²) in [6.07, 6.45) is 1.46. The Morgan fingerprint density at radius 1 is 0.959 bits per heavy atom. The number of methoxy groups -OCH3 is 2. The van der Waals surface area contributed by atoms with Crippen molar-refractivity contribution in [3.8, 4) is 23.0 Å². The van der Waals surface area contributed by atoms with Crippen molar-refractivity contribution in [2.75, 3.05) is 27.4 Å². The van der Waals surface area contributed by atoms with E-state index in [-0.39, 0.29) is 36.9 Å². The van der Waals surface area contributed by atoms with Crippen LogP contribution in [0.25, 0.3) is 10.8 Å². The first-order chi connectivity index (χ1) is 23.7. The molecule has 4 aromatic rings. The molecule has 254 valence electrons. The third-order valence-corrected chi connectivity index (χ3v) is 8.02. The van der Waals surface area contributed by atoms with Crippen LogP contribution in [0, 0.1) is 0 Å². The average molecular weight is 732 g/mol. The summed E-state index contributed by atoms with van der Waals surface area (Å²) in [4.78, 5) is 37.6. The molecule has 49 heavy (non-hydrogen) atoms. The number of ether oxygens (including phenoxy) is 5. The minimum absolute atomic E-state index is 0.177. The van der Waals surface area contributed by atoms with Crippen molar-refractivity contribution >= 4 is 50.8 Å². The van der Waals surface area contributed by atoms with E-state index in [1.807, 2.05) is 42.5 Å². The van der Waals surface area contributed by atoms with Crippen LogP contribution in [-0.4, -0.2) is 51.6 Å². The summed E-state index contributed by atoms with van der Waals surface area (Å²) in [5.74, 6) is 0.417. The van der Waals surface area contributed by atoms with E-state index in [2.05, 4.69) is 37.1 Å². The highest BCUT2D eigenvalue weighted by atomic mass is 79.9. The van der Waals surface area contributed by atoms with E-state index in [9.17, 15) is 14.4 Å². The summed E-state index contributed by atoms with van der Waals surface area (Å²) in [5.41, 5.74) is 5.24. The highest BCUT2D eigenvalue weighted by molar-refractivity contribution is 9.10. The number of amides is 3. The first-order valence-electron chi connectivity index (χ1n) is 15.3. The molecule has 0 radical (unpaired) electrons. The predicted molar refractivity (Wildman–Crippen MR) is 187 cm³/mol. The lowest BCUT2D eigenvalue weighted by atomic mass is 9.95. The first kappa shape index (κ1) is 34.8. The first-order valence-corrected chi connectivity index (χ1v) is 16.1. The van der Waals surface area contributed by atoms with Crippen LogP contribution in [0.2, 0.25) is 0 Å². The van der Waals surface area contributed by atoms with Crippen LogP contribution in [0.1, 0.15) is 36.6 Å². The lowest BCUT2D eigenvalue weighted by molar-refractivity contribution is -0.139. The maximum absolute atomic E-state index is 12.7. The summed E-state index contributed by atoms with van der Waals surface area (Å²) in [7, 11) is 2.99. The number of nitrogens with zero attached hydrogens (tertiary/aromatic N) is 1. The zero-order chi connectivity index (χ0) is 34.9. The summed E-state index contributed by atoms with van der Waals surface area (Å²) >= 11 is 3.49. The Morgan fingerprint density at radius 2 is 1.73 bits per heavy atom. The van der Waals surface area contributed by atoms with Crippen LogP contribution >= 0.6 is 15.9 Å². The predicted octanol–water partition coefficient (Wildman–Crippen LogP) is 5.92. The van der Waals surface area contributed by atoms with Gasteiger partial charge in [0.1, 0.15) is 6.61 Å². The van der Waals surface area contributed by atoms with Crippen molar-refractivity contribution in [1.29, 1.82) is 0 Å². The minimum atomic E-state index is -0.786. The van der Waals surface area contributed by atoms with Gasteiger partial charge in [0.05, 0.1) is 38.7 Å². The van der Waals surface area contributed by atoms with E-state index in [4.69, 9.17) is 23.7 Å². The van der Waals surface area contributed by atoms with Crippen LogP contribution in [0.15, 0.2) is 93.6 Å². The van der Waals surface area contributed by atoms with Crippen molar-refractivity contribution in [2.24, 2.45) is 5.10 Å². The fraction of sp³-hybridized carbons (Fsp3) is 0.222. The molecule has 1 atom stereocenters. The second-order valence-electron chi connectivity index (χ2n) is 10.7. The van der Waals surface area contributed by atoms with Gasteiger partial charge in [-0.2, -0.15) is 5.10 Å². The highest BCUT2D eigenvalue weighted by Gasteiger charge is 2.32. The molecule has 1 aliphatic rings. The van der Waals surface area contributed by atoms with E-state index in [0.29, 0.717) is 28.3 Å². The van der Waals surface area contributed by atoms with E-state index in [1.165, 1.54) is 13.3 Å². The Bertz CT molecular complexity index is 1940. The molecule has 0 fully saturated rings. The molecular weight excluding hydrogens is 696 g/mol. The van der Waals surface area contributed by atoms with Crippen molar-refractivity contribution in [3.63, 3.8) is 0 Å². The van der Waals surface area contributed by atoms with Gasteiger partial charge in [-0.05, 0) is 60.0 Å². The van der Waals surface area contributed by atoms with Crippen LogP contribution in [0.4, 0.5) is 4.79 Å². The molecule has 13 heteroatoms. The number of benzene rings is 4. The number of urea groups is 1. The molecule has 0 aliphatic carbocycles. The Labute approximate surface area is 291 Å². The monoisotopic (exact) mass is 730 g/mol. The molecule has 0 bridgehead atoms. The van der Waals surface area contributed by atoms with Crippen molar-refractivity contribution in [3.05, 3.63) is 105 Å². The Hall–Kier alpha value is -5.56. The maximum Gasteiger partial charge on any atom is 0.338 e. The van der Waals surface area contributed by atoms with E-state index >= 15 is 0 Å². The van der Waals surface area contributed by atoms with Gasteiger partial charge in [-0.25, -0.2) is 15.0 Å². The molecule has 0 spiro atoms. The summed E-state index contributed by atoms with van der Waals surface area (Å²) < 4.78 is 29.0. The molecule has 1 heterocycles. The lowest BCUT2D eigenvalue weighted by Crippen LogP contribution is -2.45. The summed E-state index contributed by atoms with van der Waals surface area (Å²) in [5, 5.41) is 11.7. The zero-order valence-electron chi connectivity index (χ0n) is 27.3. The number of halogens is 1. The average Bonchev–Trinajstić information content (AvgIpc) is 3.09. The van der Waals surface area contributed by atoms with Crippen LogP contribution in [0.5, 0.6) is 23.0 Å². The second kappa shape index (κ2) is 16.0. The fourth-order valence-corrected chi connectivity index (χ4v) is 5.77. The molecule has 12 nitrogen and oxygen atoms in total. The number of rotatable bonds is 13. The van der Waals surface area contributed by atoms with Crippen molar-refractivity contribution in [1.82, 2.24) is 16.1 Å². The van der Waals surface area contributed by atoms with Gasteiger partial charge < -0.3 is 34.3 Å². The number of fused-ring (bicyclic) bond motifs is 1. The minimum Gasteiger partial charge on any atom is -0.493 e. The lowest BCUT2D eigenvalue weighted by Gasteiger charge is -2.28. The Balaban J connectivity index is 1.26. The van der Waals surface area contributed by atoms with Gasteiger partial charge in [-0.1, -0.05) is 64.5 Å². The van der Waals surface area contributed by atoms with Crippen LogP contribution in [-0.2, 0) is 20.9 Å². The number of nitrogens with one attached hydrogen (secondary N) is 3. The molecule has 0 aromatic heterocycles. The van der Waals surface area contributed by atoms with Gasteiger partial charge in [0, 0.05) is 15.7 Å². The second-order valence-corrected chi connectivity index (χ2v) is 11.7. The smallest absolute Gasteiger partial charge is 0.338 e. The maximum atomic E-state index is 12.7. The molecule has 1 aliphatic heterocycles. The van der Waals surface area contributed by atoms with Crippen molar-refractivity contribution in [2.45, 2.75) is 26.5 Å². The highest BCUT2D eigenvalue weighted by Crippen LogP contribution is 2.36. The van der Waals surface area contributed by atoms with E-state index in [1.54, 1.807) is 51.3 Å². The zero-order valence-corrected chi connectivity index (χ0v) is 28.9. The third-order valence-electron chi connectivity index (χ3n) is 7.56. The quantitative estimate of drug-likeness (QED) is 0.0874. The summed E-state index contributed by atoms with van der Waals surface area (Å²) in [6.45, 7) is 3.41. The molecular formula is C36H35BrN4O8. The number of hydrogen-bond acceptors (Lipinski definition) is 9. The standard InChI is InChI=1S/C36H35BrN4O8/c1-5-47-35(43)32-21(2)39-36(44)40-33(32)23-13-14-28(29(16-23)45-3)48-20-31(42)41-38-18-25-15-26(37)17-30(46-4)34(25)49-19-24-11-8-10-22-9-6-7-12-27(22)24/h6-18,33H,5,19-20H2,1-4H3,(H,41,42)(H2,39,40,44)/b38-18+/t33-/m1/s1. The van der Waals surface area contributed by atoms with Crippen LogP contribution in [0.3, 0.4) is 0 Å². The molecule has 5 rings (SSSR count). The van der Waals surface area contributed by atoms with Gasteiger partial charge in [-0.3, -0.25) is 4.79 Å². The molecule has 4 aromatic carbocycles. The molecule has 3 amide bonds. The van der Waals surface area contributed by atoms with E-state index in [0.717, 1.165) is 20.8 Å². The molecule has 3 N–H and O–H groups in total. The normalized spacial score (nSPS) is 14.2. The SMILES string of the molecule is CCOC(=O)C1=C(C)NC(=O)N[C@@H]1c1ccc(OCC(=O)N/N=C/c2cc(Br)cc(OC)c2OCc2cccc3ccccc23)c(OC)c1. The van der Waals surface area contributed by atoms with Gasteiger partial charge in [0.15, 0.2) is 29.6 Å². The van der Waals surface area contributed by atoms with Crippen LogP contribution < -0.4 is 35.0 Å². The topological polar surface area (TPSA) is 146 Å². The number of allylic oxidation sites excluding steroid dienone is 1. The van der Waals surface area contributed by atoms with Gasteiger partial charge in [0.2, 0.25) is 0 Å². The number of hydrogen-bond donors (Lipinski definition) is 3. The summed E-state index contributed by atoms with van der Waals surface area (Å²) in [6, 6.07) is 21.3. The number of carbonyl (C=O) groups is 3. The largest absolute Gasteiger partial charge is 0.493 e. The molecule has 0 saturated carbocycles. The van der Waals surface area contributed by atoms with Gasteiger partial charge in [0.25, 0.3) is 5.91 Å². The number of esters is 1. The Kier molecular flexibility index (Phi) is 11.4. The molecule has 0 saturated heterocycles. The molecule has 0 unspecified atom stereocenters. The van der Waals surface area contributed by atoms with E-state index < -0.39 is 23.9 Å². The third kappa shape index (κ3) is 8.30. The van der Waals surface area contributed by atoms with Crippen molar-refractivity contribution < 1.29 is 38.1 Å². The Morgan fingerprint density at radius 3 is 2.51 bits per heavy atom. The number of carbonyl (C=O) groups excluding carboxylic acids is 3. The van der Waals surface area contributed by atoms with Gasteiger partial charge >= 0.3 is 12.0 Å². The fourth-order valence-electron chi connectivity index (χ4n) is 5.31. The van der Waals surface area contributed by atoms with Gasteiger partial charge in [-0.15, -0.1) is 0 Å².